The van der Waals surface area contributed by atoms with E-state index in [-0.39, 0.29) is 16.8 Å². The van der Waals surface area contributed by atoms with Crippen molar-refractivity contribution in [2.24, 2.45) is 0 Å². The van der Waals surface area contributed by atoms with Crippen LogP contribution in [0.1, 0.15) is 0 Å². The maximum atomic E-state index is 4.06. The number of hydrogen-bond acceptors (Lipinski definition) is 1. The second kappa shape index (κ2) is 2.85. The van der Waals surface area contributed by atoms with Gasteiger partial charge in [-0.15, -0.1) is 0 Å². The number of benzene rings is 1. The van der Waals surface area contributed by atoms with Crippen LogP contribution in [0.2, 0.25) is 0 Å². The second-order valence-corrected chi connectivity index (χ2v) is 1.92. The summed E-state index contributed by atoms with van der Waals surface area (Å²) in [5.41, 5.74) is 2.12. The van der Waals surface area contributed by atoms with E-state index < -0.39 is 0 Å². The quantitative estimate of drug-likeness (QED) is 0.649. The minimum Gasteiger partial charge on any atom is -0.345 e. The van der Waals surface area contributed by atoms with E-state index in [9.17, 15) is 0 Å². The van der Waals surface area contributed by atoms with Gasteiger partial charge in [-0.3, -0.25) is 0 Å². The summed E-state index contributed by atoms with van der Waals surface area (Å²) < 4.78 is 0. The maximum absolute atomic E-state index is 4.06. The Labute approximate surface area is 68.9 Å². The van der Waals surface area contributed by atoms with Crippen LogP contribution >= 0.6 is 0 Å². The zero-order valence-electron chi connectivity index (χ0n) is 5.17. The average Bonchev–Trinajstić information content (AvgIpc) is 2.33. The Balaban J connectivity index is 0.000000500. The number of aromatic nitrogens is 2. The Morgan fingerprint density at radius 1 is 1.20 bits per heavy atom. The van der Waals surface area contributed by atoms with Crippen molar-refractivity contribution in [3.63, 3.8) is 0 Å². The fourth-order valence-corrected chi connectivity index (χ4v) is 0.880. The van der Waals surface area contributed by atoms with Crippen molar-refractivity contribution in [3.05, 3.63) is 30.6 Å². The van der Waals surface area contributed by atoms with Gasteiger partial charge in [0.2, 0.25) is 0 Å². The first-order chi connectivity index (χ1) is 4.47. The smallest absolute Gasteiger partial charge is 0.0931 e. The molecule has 0 fully saturated rings. The van der Waals surface area contributed by atoms with Gasteiger partial charge >= 0.3 is 0 Å². The Bertz CT molecular complexity index is 286. The molecule has 0 saturated carbocycles. The van der Waals surface area contributed by atoms with Crippen molar-refractivity contribution in [2.45, 2.75) is 0 Å². The van der Waals surface area contributed by atoms with Crippen molar-refractivity contribution in [1.29, 1.82) is 0 Å². The van der Waals surface area contributed by atoms with Crippen LogP contribution in [0.5, 0.6) is 0 Å². The molecule has 0 unspecified atom stereocenters. The zero-order chi connectivity index (χ0) is 6.10. The predicted molar refractivity (Wildman–Crippen MR) is 36.1 cm³/mol. The van der Waals surface area contributed by atoms with Gasteiger partial charge in [0, 0.05) is 16.8 Å². The molecule has 0 spiro atoms. The van der Waals surface area contributed by atoms with Gasteiger partial charge in [-0.1, -0.05) is 12.1 Å². The Morgan fingerprint density at radius 3 is 2.80 bits per heavy atom. The van der Waals surface area contributed by atoms with Crippen LogP contribution in [0.4, 0.5) is 0 Å². The number of imidazole rings is 1. The summed E-state index contributed by atoms with van der Waals surface area (Å²) in [6, 6.07) is 7.94. The fraction of sp³-hybridized carbons (Fsp3) is 0. The van der Waals surface area contributed by atoms with E-state index in [1.807, 2.05) is 24.3 Å². The number of nitrogens with zero attached hydrogens (tertiary/aromatic N) is 1. The molecule has 1 aromatic heterocycles. The number of rotatable bonds is 0. The van der Waals surface area contributed by atoms with Crippen molar-refractivity contribution in [1.82, 2.24) is 9.97 Å². The van der Waals surface area contributed by atoms with Gasteiger partial charge in [0.15, 0.2) is 0 Å². The number of aromatic amines is 1. The summed E-state index contributed by atoms with van der Waals surface area (Å²) in [6.45, 7) is 0. The number of fused-ring (bicyclic) bond motifs is 1. The molecule has 10 heavy (non-hydrogen) atoms. The van der Waals surface area contributed by atoms with E-state index in [2.05, 4.69) is 9.97 Å². The molecule has 0 saturated heterocycles. The molecular formula is C7H6CoN2. The molecule has 53 valence electrons. The standard InChI is InChI=1S/C7H6N2.Co/c1-2-4-7-6(3-1)8-5-9-7;/h1-5H,(H,8,9);. The Morgan fingerprint density at radius 2 is 2.00 bits per heavy atom. The minimum atomic E-state index is 0. The Kier molecular flexibility index (Phi) is 2.08. The van der Waals surface area contributed by atoms with Gasteiger partial charge in [0.05, 0.1) is 17.4 Å². The molecule has 0 bridgehead atoms. The van der Waals surface area contributed by atoms with E-state index in [1.165, 1.54) is 0 Å². The first kappa shape index (κ1) is 7.31. The third kappa shape index (κ3) is 1.05. The van der Waals surface area contributed by atoms with E-state index in [0.29, 0.717) is 0 Å². The second-order valence-electron chi connectivity index (χ2n) is 1.92. The van der Waals surface area contributed by atoms with Crippen LogP contribution < -0.4 is 0 Å². The van der Waals surface area contributed by atoms with E-state index in [1.54, 1.807) is 6.33 Å². The van der Waals surface area contributed by atoms with Gasteiger partial charge in [-0.2, -0.15) is 0 Å². The average molecular weight is 177 g/mol. The van der Waals surface area contributed by atoms with E-state index in [4.69, 9.17) is 0 Å². The molecule has 1 aromatic carbocycles. The van der Waals surface area contributed by atoms with Crippen LogP contribution in [-0.4, -0.2) is 9.97 Å². The molecule has 0 aliphatic heterocycles. The van der Waals surface area contributed by atoms with Gasteiger partial charge < -0.3 is 4.98 Å². The third-order valence-corrected chi connectivity index (χ3v) is 1.33. The number of hydrogen-bond donors (Lipinski definition) is 1. The van der Waals surface area contributed by atoms with Gasteiger partial charge in [0.25, 0.3) is 0 Å². The molecule has 0 amide bonds. The molecule has 2 rings (SSSR count). The number of para-hydroxylation sites is 2. The SMILES string of the molecule is [Co].c1ccc2[nH]cnc2c1. The van der Waals surface area contributed by atoms with Crippen molar-refractivity contribution in [3.8, 4) is 0 Å². The summed E-state index contributed by atoms with van der Waals surface area (Å²) in [7, 11) is 0. The number of H-pyrrole nitrogens is 1. The maximum Gasteiger partial charge on any atom is 0.0931 e. The summed E-state index contributed by atoms with van der Waals surface area (Å²) >= 11 is 0. The van der Waals surface area contributed by atoms with Crippen molar-refractivity contribution >= 4 is 11.0 Å². The number of nitrogens with one attached hydrogen (secondary N) is 1. The topological polar surface area (TPSA) is 28.7 Å². The summed E-state index contributed by atoms with van der Waals surface area (Å²) in [5.74, 6) is 0. The molecule has 2 aromatic rings. The monoisotopic (exact) mass is 177 g/mol. The summed E-state index contributed by atoms with van der Waals surface area (Å²) in [4.78, 5) is 7.07. The molecule has 0 aliphatic rings. The summed E-state index contributed by atoms with van der Waals surface area (Å²) in [5, 5.41) is 0. The first-order valence-corrected chi connectivity index (χ1v) is 2.85. The zero-order valence-corrected chi connectivity index (χ0v) is 6.21. The van der Waals surface area contributed by atoms with Crippen molar-refractivity contribution < 1.29 is 16.8 Å². The molecule has 2 nitrogen and oxygen atoms in total. The first-order valence-electron chi connectivity index (χ1n) is 2.85. The van der Waals surface area contributed by atoms with Gasteiger partial charge in [-0.25, -0.2) is 4.98 Å². The normalized spacial score (nSPS) is 9.20. The summed E-state index contributed by atoms with van der Waals surface area (Å²) in [6.07, 6.45) is 1.70. The van der Waals surface area contributed by atoms with Crippen LogP contribution in [-0.2, 0) is 16.8 Å². The van der Waals surface area contributed by atoms with Gasteiger partial charge in [-0.05, 0) is 12.1 Å². The molecule has 3 heteroatoms. The van der Waals surface area contributed by atoms with E-state index >= 15 is 0 Å². The van der Waals surface area contributed by atoms with Crippen LogP contribution in [0, 0.1) is 0 Å². The Hall–Kier alpha value is -0.804. The molecular weight excluding hydrogens is 171 g/mol. The van der Waals surface area contributed by atoms with E-state index in [0.717, 1.165) is 11.0 Å². The van der Waals surface area contributed by atoms with Crippen LogP contribution in [0.3, 0.4) is 0 Å². The predicted octanol–water partition coefficient (Wildman–Crippen LogP) is 1.56. The van der Waals surface area contributed by atoms with Crippen LogP contribution in [0.25, 0.3) is 11.0 Å². The molecule has 0 aliphatic carbocycles. The van der Waals surface area contributed by atoms with Crippen LogP contribution in [0.15, 0.2) is 30.6 Å². The molecule has 1 heterocycles. The largest absolute Gasteiger partial charge is 0.345 e. The minimum absolute atomic E-state index is 0. The molecule has 0 atom stereocenters. The molecule has 1 N–H and O–H groups in total. The third-order valence-electron chi connectivity index (χ3n) is 1.33. The van der Waals surface area contributed by atoms with Crippen molar-refractivity contribution in [2.75, 3.05) is 0 Å². The molecule has 1 radical (unpaired) electrons. The fourth-order valence-electron chi connectivity index (χ4n) is 0.880. The van der Waals surface area contributed by atoms with Gasteiger partial charge in [0.1, 0.15) is 0 Å².